The van der Waals surface area contributed by atoms with Crippen LogP contribution in [0, 0.1) is 0 Å². The number of anilines is 1. The minimum atomic E-state index is 0.364. The Balaban J connectivity index is 1.28. The first-order valence-electron chi connectivity index (χ1n) is 10.7. The summed E-state index contributed by atoms with van der Waals surface area (Å²) < 4.78 is 0. The Morgan fingerprint density at radius 3 is 2.90 bits per heavy atom. The van der Waals surface area contributed by atoms with E-state index in [1.54, 1.807) is 6.20 Å². The molecular weight excluding hydrogens is 408 g/mol. The number of pyridine rings is 3. The second-order valence-corrected chi connectivity index (χ2v) is 8.50. The van der Waals surface area contributed by atoms with Crippen molar-refractivity contribution in [1.29, 1.82) is 0 Å². The first-order valence-corrected chi connectivity index (χ1v) is 11.1. The molecule has 1 aliphatic carbocycles. The van der Waals surface area contributed by atoms with Crippen molar-refractivity contribution in [3.05, 3.63) is 71.9 Å². The molecule has 6 nitrogen and oxygen atoms in total. The molecule has 1 aliphatic rings. The number of hydrogen-bond acceptors (Lipinski definition) is 5. The number of hydrogen-bond donors (Lipinski definition) is 3. The van der Waals surface area contributed by atoms with Gasteiger partial charge in [0.15, 0.2) is 0 Å². The summed E-state index contributed by atoms with van der Waals surface area (Å²) in [6.45, 7) is 0.847. The average molecular weight is 433 g/mol. The Morgan fingerprint density at radius 1 is 1.10 bits per heavy atom. The molecule has 1 saturated carbocycles. The second-order valence-electron chi connectivity index (χ2n) is 8.11. The lowest BCUT2D eigenvalue weighted by atomic mass is 9.90. The average Bonchev–Trinajstić information content (AvgIpc) is 3.23. The van der Waals surface area contributed by atoms with Crippen LogP contribution in [0.25, 0.3) is 22.2 Å². The molecule has 1 fully saturated rings. The summed E-state index contributed by atoms with van der Waals surface area (Å²) in [5.74, 6) is 0.818. The highest BCUT2D eigenvalue weighted by atomic mass is 35.5. The Bertz CT molecular complexity index is 1160. The third-order valence-corrected chi connectivity index (χ3v) is 6.09. The van der Waals surface area contributed by atoms with Gasteiger partial charge in [-0.25, -0.2) is 9.97 Å². The monoisotopic (exact) mass is 432 g/mol. The van der Waals surface area contributed by atoms with Crippen LogP contribution >= 0.6 is 11.6 Å². The van der Waals surface area contributed by atoms with E-state index in [0.29, 0.717) is 17.2 Å². The number of aromatic nitrogens is 4. The van der Waals surface area contributed by atoms with Gasteiger partial charge in [-0.05, 0) is 67.1 Å². The number of nitrogens with one attached hydrogen (secondary N) is 3. The van der Waals surface area contributed by atoms with Gasteiger partial charge in [-0.3, -0.25) is 4.98 Å². The van der Waals surface area contributed by atoms with E-state index in [4.69, 9.17) is 11.6 Å². The molecule has 2 atom stereocenters. The molecule has 0 aliphatic heterocycles. The predicted octanol–water partition coefficient (Wildman–Crippen LogP) is 5.19. The van der Waals surface area contributed by atoms with Gasteiger partial charge >= 0.3 is 0 Å². The Labute approximate surface area is 186 Å². The van der Waals surface area contributed by atoms with Gasteiger partial charge in [-0.1, -0.05) is 17.7 Å². The lowest BCUT2D eigenvalue weighted by Crippen LogP contribution is -2.38. The fourth-order valence-electron chi connectivity index (χ4n) is 4.40. The van der Waals surface area contributed by atoms with E-state index in [9.17, 15) is 0 Å². The molecule has 0 bridgehead atoms. The molecular formula is C24H25ClN6. The van der Waals surface area contributed by atoms with Gasteiger partial charge in [0.2, 0.25) is 0 Å². The standard InChI is InChI=1S/C24H25ClN6/c25-22-10-17(21-15-29-24-20(21)7-3-9-27-24)11-23(31-22)30-19-6-1-5-18(12-19)28-14-16-4-2-8-26-13-16/h2-4,7-11,13,15,18-19,28H,1,5-6,12,14H2,(H,27,29)(H,30,31). The molecule has 5 rings (SSSR count). The third kappa shape index (κ3) is 4.70. The predicted molar refractivity (Wildman–Crippen MR) is 125 cm³/mol. The van der Waals surface area contributed by atoms with Crippen molar-refractivity contribution in [1.82, 2.24) is 25.3 Å². The van der Waals surface area contributed by atoms with Crippen molar-refractivity contribution < 1.29 is 0 Å². The van der Waals surface area contributed by atoms with Gasteiger partial charge in [0.25, 0.3) is 0 Å². The highest BCUT2D eigenvalue weighted by Crippen LogP contribution is 2.31. The van der Waals surface area contributed by atoms with E-state index in [-0.39, 0.29) is 0 Å². The number of nitrogens with zero attached hydrogens (tertiary/aromatic N) is 3. The Morgan fingerprint density at radius 2 is 2.00 bits per heavy atom. The lowest BCUT2D eigenvalue weighted by Gasteiger charge is -2.31. The van der Waals surface area contributed by atoms with E-state index in [2.05, 4.69) is 48.8 Å². The largest absolute Gasteiger partial charge is 0.367 e. The van der Waals surface area contributed by atoms with Crippen LogP contribution in [0.1, 0.15) is 31.2 Å². The van der Waals surface area contributed by atoms with Gasteiger partial charge in [-0.2, -0.15) is 0 Å². The topological polar surface area (TPSA) is 78.5 Å². The summed E-state index contributed by atoms with van der Waals surface area (Å²) in [6, 6.07) is 12.9. The van der Waals surface area contributed by atoms with E-state index >= 15 is 0 Å². The number of rotatable bonds is 6. The molecule has 0 amide bonds. The highest BCUT2D eigenvalue weighted by Gasteiger charge is 2.22. The van der Waals surface area contributed by atoms with Crippen LogP contribution < -0.4 is 10.6 Å². The molecule has 4 aromatic rings. The number of fused-ring (bicyclic) bond motifs is 1. The van der Waals surface area contributed by atoms with Gasteiger partial charge in [0, 0.05) is 54.4 Å². The minimum absolute atomic E-state index is 0.364. The van der Waals surface area contributed by atoms with Crippen molar-refractivity contribution in [2.24, 2.45) is 0 Å². The summed E-state index contributed by atoms with van der Waals surface area (Å²) in [4.78, 5) is 16.3. The van der Waals surface area contributed by atoms with Gasteiger partial charge in [0.05, 0.1) is 0 Å². The van der Waals surface area contributed by atoms with E-state index < -0.39 is 0 Å². The number of H-pyrrole nitrogens is 1. The summed E-state index contributed by atoms with van der Waals surface area (Å²) >= 11 is 6.39. The molecule has 4 aromatic heterocycles. The summed E-state index contributed by atoms with van der Waals surface area (Å²) in [6.07, 6.45) is 12.1. The molecule has 0 radical (unpaired) electrons. The highest BCUT2D eigenvalue weighted by molar-refractivity contribution is 6.29. The van der Waals surface area contributed by atoms with Crippen molar-refractivity contribution in [3.63, 3.8) is 0 Å². The van der Waals surface area contributed by atoms with Gasteiger partial charge < -0.3 is 15.6 Å². The van der Waals surface area contributed by atoms with Crippen LogP contribution in [-0.4, -0.2) is 32.0 Å². The molecule has 0 aromatic carbocycles. The zero-order valence-corrected chi connectivity index (χ0v) is 17.9. The van der Waals surface area contributed by atoms with Crippen molar-refractivity contribution in [2.75, 3.05) is 5.32 Å². The van der Waals surface area contributed by atoms with E-state index in [1.807, 2.05) is 36.8 Å². The van der Waals surface area contributed by atoms with Crippen LogP contribution in [0.4, 0.5) is 5.82 Å². The fraction of sp³-hybridized carbons (Fsp3) is 0.292. The number of halogens is 1. The minimum Gasteiger partial charge on any atom is -0.367 e. The molecule has 0 saturated heterocycles. The first kappa shape index (κ1) is 20.0. The molecule has 31 heavy (non-hydrogen) atoms. The van der Waals surface area contributed by atoms with Crippen molar-refractivity contribution in [2.45, 2.75) is 44.3 Å². The summed E-state index contributed by atoms with van der Waals surface area (Å²) in [5, 5.41) is 8.87. The van der Waals surface area contributed by atoms with Crippen molar-refractivity contribution in [3.8, 4) is 11.1 Å². The van der Waals surface area contributed by atoms with Gasteiger partial charge in [-0.15, -0.1) is 0 Å². The lowest BCUT2D eigenvalue weighted by molar-refractivity contribution is 0.350. The maximum Gasteiger partial charge on any atom is 0.137 e. The Hall–Kier alpha value is -2.96. The molecule has 2 unspecified atom stereocenters. The fourth-order valence-corrected chi connectivity index (χ4v) is 4.61. The molecule has 158 valence electrons. The molecule has 4 heterocycles. The quantitative estimate of drug-likeness (QED) is 0.365. The zero-order valence-electron chi connectivity index (χ0n) is 17.2. The normalized spacial score (nSPS) is 18.9. The molecule has 3 N–H and O–H groups in total. The Kier molecular flexibility index (Phi) is 5.82. The van der Waals surface area contributed by atoms with Crippen LogP contribution in [-0.2, 0) is 6.54 Å². The van der Waals surface area contributed by atoms with Crippen LogP contribution in [0.15, 0.2) is 61.2 Å². The molecule has 7 heteroatoms. The first-order chi connectivity index (χ1) is 15.2. The smallest absolute Gasteiger partial charge is 0.137 e. The second kappa shape index (κ2) is 9.04. The zero-order chi connectivity index (χ0) is 21.0. The SMILES string of the molecule is Clc1cc(-c2c[nH]c3ncccc23)cc(NC2CCCC(NCc3cccnc3)C2)n1. The maximum absolute atomic E-state index is 6.39. The van der Waals surface area contributed by atoms with Crippen molar-refractivity contribution >= 4 is 28.5 Å². The van der Waals surface area contributed by atoms with E-state index in [0.717, 1.165) is 47.4 Å². The third-order valence-electron chi connectivity index (χ3n) is 5.90. The van der Waals surface area contributed by atoms with Gasteiger partial charge in [0.1, 0.15) is 16.6 Å². The van der Waals surface area contributed by atoms with Crippen LogP contribution in [0.2, 0.25) is 5.15 Å². The van der Waals surface area contributed by atoms with E-state index in [1.165, 1.54) is 18.4 Å². The molecule has 0 spiro atoms. The summed E-state index contributed by atoms with van der Waals surface area (Å²) in [7, 11) is 0. The van der Waals surface area contributed by atoms with Crippen LogP contribution in [0.3, 0.4) is 0 Å². The maximum atomic E-state index is 6.39. The van der Waals surface area contributed by atoms with Crippen LogP contribution in [0.5, 0.6) is 0 Å². The summed E-state index contributed by atoms with van der Waals surface area (Å²) in [5.41, 5.74) is 4.20. The number of aromatic amines is 1.